The summed E-state index contributed by atoms with van der Waals surface area (Å²) in [6, 6.07) is 0. The van der Waals surface area contributed by atoms with Crippen molar-refractivity contribution in [3.05, 3.63) is 18.3 Å². The molecule has 0 amide bonds. The summed E-state index contributed by atoms with van der Waals surface area (Å²) in [5.41, 5.74) is 2.15. The van der Waals surface area contributed by atoms with Crippen molar-refractivity contribution in [1.29, 1.82) is 0 Å². The maximum atomic E-state index is 10.1. The van der Waals surface area contributed by atoms with Crippen LogP contribution in [0.5, 0.6) is 0 Å². The molecule has 0 aromatic heterocycles. The normalized spacial score (nSPS) is 33.9. The predicted octanol–water partition coefficient (Wildman–Crippen LogP) is 0.760. The zero-order valence-corrected chi connectivity index (χ0v) is 4.72. The summed E-state index contributed by atoms with van der Waals surface area (Å²) in [4.78, 5) is 8.24. The smallest absolute Gasteiger partial charge is 0.354 e. The van der Waals surface area contributed by atoms with Crippen molar-refractivity contribution >= 4 is 7.82 Å². The molecule has 1 rings (SSSR count). The van der Waals surface area contributed by atoms with Gasteiger partial charge in [0.05, 0.1) is 0 Å². The molecular weight excluding hydrogens is 131 g/mol. The summed E-state index contributed by atoms with van der Waals surface area (Å²) in [6.07, 6.45) is 0. The first-order valence-corrected chi connectivity index (χ1v) is 3.25. The van der Waals surface area contributed by atoms with Crippen LogP contribution in [0.2, 0.25) is 0 Å². The van der Waals surface area contributed by atoms with Crippen molar-refractivity contribution in [3.8, 4) is 0 Å². The SMILES string of the molecule is C=C=C1OP(=O)(O)O1. The fraction of sp³-hybridized carbons (Fsp3) is 0. The maximum absolute atomic E-state index is 10.1. The Hall–Kier alpha value is -0.690. The van der Waals surface area contributed by atoms with Crippen molar-refractivity contribution in [1.82, 2.24) is 0 Å². The molecular formula is C3H3O4P. The minimum Gasteiger partial charge on any atom is -0.354 e. The van der Waals surface area contributed by atoms with Crippen LogP contribution < -0.4 is 0 Å². The lowest BCUT2D eigenvalue weighted by molar-refractivity contribution is 0.0611. The fourth-order valence-corrected chi connectivity index (χ4v) is 0.843. The van der Waals surface area contributed by atoms with Gasteiger partial charge < -0.3 is 9.05 Å². The summed E-state index contributed by atoms with van der Waals surface area (Å²) in [5.74, 6) is -0.115. The third-order valence-electron chi connectivity index (χ3n) is 0.541. The Bertz CT molecular complexity index is 187. The van der Waals surface area contributed by atoms with E-state index in [9.17, 15) is 4.57 Å². The molecule has 0 unspecified atom stereocenters. The highest BCUT2D eigenvalue weighted by Crippen LogP contribution is 2.57. The van der Waals surface area contributed by atoms with Crippen LogP contribution in [0.25, 0.3) is 0 Å². The Kier molecular flexibility index (Phi) is 0.947. The molecule has 0 aromatic rings. The van der Waals surface area contributed by atoms with Crippen LogP contribution in [0.1, 0.15) is 0 Å². The third-order valence-corrected chi connectivity index (χ3v) is 1.33. The second-order valence-electron chi connectivity index (χ2n) is 1.12. The van der Waals surface area contributed by atoms with Gasteiger partial charge in [-0.1, -0.05) is 0 Å². The van der Waals surface area contributed by atoms with Crippen LogP contribution in [-0.4, -0.2) is 4.89 Å². The van der Waals surface area contributed by atoms with Gasteiger partial charge in [0, 0.05) is 0 Å². The van der Waals surface area contributed by atoms with Crippen molar-refractivity contribution in [2.24, 2.45) is 0 Å². The van der Waals surface area contributed by atoms with Crippen LogP contribution in [-0.2, 0) is 13.6 Å². The summed E-state index contributed by atoms with van der Waals surface area (Å²) < 4.78 is 18.3. The van der Waals surface area contributed by atoms with Crippen LogP contribution in [0.4, 0.5) is 0 Å². The van der Waals surface area contributed by atoms with Crippen LogP contribution in [0.15, 0.2) is 18.3 Å². The Morgan fingerprint density at radius 1 is 1.75 bits per heavy atom. The highest BCUT2D eigenvalue weighted by atomic mass is 31.2. The molecule has 0 bridgehead atoms. The number of rotatable bonds is 0. The van der Waals surface area contributed by atoms with Crippen LogP contribution >= 0.6 is 7.82 Å². The third kappa shape index (κ3) is 0.771. The first-order chi connectivity index (χ1) is 3.64. The van der Waals surface area contributed by atoms with Crippen molar-refractivity contribution < 1.29 is 18.5 Å². The van der Waals surface area contributed by atoms with Gasteiger partial charge in [0.1, 0.15) is 0 Å². The molecule has 4 nitrogen and oxygen atoms in total. The lowest BCUT2D eigenvalue weighted by atomic mass is 10.9. The Morgan fingerprint density at radius 3 is 2.38 bits per heavy atom. The lowest BCUT2D eigenvalue weighted by Gasteiger charge is -2.21. The molecule has 44 valence electrons. The first-order valence-electron chi connectivity index (χ1n) is 1.76. The second-order valence-corrected chi connectivity index (χ2v) is 2.42. The van der Waals surface area contributed by atoms with E-state index in [0.717, 1.165) is 0 Å². The van der Waals surface area contributed by atoms with E-state index in [4.69, 9.17) is 4.89 Å². The summed E-state index contributed by atoms with van der Waals surface area (Å²) in [7, 11) is -3.68. The van der Waals surface area contributed by atoms with E-state index < -0.39 is 7.82 Å². The van der Waals surface area contributed by atoms with E-state index >= 15 is 0 Å². The van der Waals surface area contributed by atoms with Gasteiger partial charge in [0.2, 0.25) is 0 Å². The summed E-state index contributed by atoms with van der Waals surface area (Å²) in [6.45, 7) is 3.10. The van der Waals surface area contributed by atoms with Crippen molar-refractivity contribution in [2.75, 3.05) is 0 Å². The number of hydrogen-bond acceptors (Lipinski definition) is 3. The standard InChI is InChI=1S/C3H3O4P/c1-2-3-6-8(4,5)7-3/h1H2,(H,4,5). The van der Waals surface area contributed by atoms with Gasteiger partial charge in [-0.2, -0.15) is 0 Å². The maximum Gasteiger partial charge on any atom is 0.590 e. The minimum absolute atomic E-state index is 0.115. The molecule has 0 aromatic carbocycles. The topological polar surface area (TPSA) is 55.8 Å². The molecule has 1 aliphatic rings. The van der Waals surface area contributed by atoms with Gasteiger partial charge in [-0.3, -0.25) is 4.89 Å². The molecule has 1 aliphatic heterocycles. The zero-order valence-electron chi connectivity index (χ0n) is 3.83. The lowest BCUT2D eigenvalue weighted by Crippen LogP contribution is -2.05. The average Bonchev–Trinajstić information content (AvgIpc) is 1.60. The Morgan fingerprint density at radius 2 is 2.25 bits per heavy atom. The molecule has 0 radical (unpaired) electrons. The molecule has 0 aliphatic carbocycles. The van der Waals surface area contributed by atoms with Gasteiger partial charge in [0.25, 0.3) is 0 Å². The van der Waals surface area contributed by atoms with E-state index in [-0.39, 0.29) is 5.95 Å². The van der Waals surface area contributed by atoms with Gasteiger partial charge in [-0.15, -0.1) is 0 Å². The van der Waals surface area contributed by atoms with E-state index in [1.165, 1.54) is 0 Å². The summed E-state index contributed by atoms with van der Waals surface area (Å²) >= 11 is 0. The van der Waals surface area contributed by atoms with Crippen molar-refractivity contribution in [2.45, 2.75) is 0 Å². The first kappa shape index (κ1) is 5.45. The Labute approximate surface area is 45.7 Å². The molecule has 8 heavy (non-hydrogen) atoms. The number of hydrogen-bond donors (Lipinski definition) is 1. The highest BCUT2D eigenvalue weighted by Gasteiger charge is 2.39. The van der Waals surface area contributed by atoms with E-state index in [2.05, 4.69) is 21.4 Å². The minimum atomic E-state index is -3.68. The van der Waals surface area contributed by atoms with Gasteiger partial charge in [-0.25, -0.2) is 4.57 Å². The predicted molar refractivity (Wildman–Crippen MR) is 24.6 cm³/mol. The number of phosphoric acid groups is 1. The van der Waals surface area contributed by atoms with E-state index in [1.54, 1.807) is 0 Å². The van der Waals surface area contributed by atoms with E-state index in [1.807, 2.05) is 0 Å². The molecule has 1 saturated heterocycles. The molecule has 5 heteroatoms. The van der Waals surface area contributed by atoms with Crippen LogP contribution in [0, 0.1) is 0 Å². The van der Waals surface area contributed by atoms with Gasteiger partial charge >= 0.3 is 13.8 Å². The quantitative estimate of drug-likeness (QED) is 0.392. The number of phosphoric ester groups is 1. The van der Waals surface area contributed by atoms with Gasteiger partial charge in [-0.05, 0) is 12.3 Å². The molecule has 0 atom stereocenters. The Balaban J connectivity index is 2.68. The molecule has 1 fully saturated rings. The summed E-state index contributed by atoms with van der Waals surface area (Å²) in [5, 5.41) is 0. The zero-order chi connectivity index (χ0) is 6.20. The fourth-order valence-electron chi connectivity index (χ4n) is 0.281. The monoisotopic (exact) mass is 134 g/mol. The average molecular weight is 134 g/mol. The molecule has 1 N–H and O–H groups in total. The van der Waals surface area contributed by atoms with Gasteiger partial charge in [0.15, 0.2) is 0 Å². The molecule has 0 spiro atoms. The van der Waals surface area contributed by atoms with E-state index in [0.29, 0.717) is 0 Å². The second kappa shape index (κ2) is 1.39. The van der Waals surface area contributed by atoms with Crippen molar-refractivity contribution in [3.63, 3.8) is 0 Å². The molecule has 0 saturated carbocycles. The highest BCUT2D eigenvalue weighted by molar-refractivity contribution is 7.48. The van der Waals surface area contributed by atoms with Crippen LogP contribution in [0.3, 0.4) is 0 Å². The molecule has 1 heterocycles. The largest absolute Gasteiger partial charge is 0.590 e.